The molecule has 1 fully saturated rings. The zero-order valence-electron chi connectivity index (χ0n) is 13.3. The van der Waals surface area contributed by atoms with Gasteiger partial charge in [-0.2, -0.15) is 15.0 Å². The second kappa shape index (κ2) is 7.40. The van der Waals surface area contributed by atoms with Gasteiger partial charge in [-0.3, -0.25) is 5.43 Å². The summed E-state index contributed by atoms with van der Waals surface area (Å²) in [6.45, 7) is 6.37. The van der Waals surface area contributed by atoms with Crippen molar-refractivity contribution in [3.63, 3.8) is 0 Å². The van der Waals surface area contributed by atoms with E-state index < -0.39 is 0 Å². The Bertz CT molecular complexity index is 445. The number of nitrogen functional groups attached to an aromatic ring is 1. The van der Waals surface area contributed by atoms with Crippen LogP contribution in [0.5, 0.6) is 0 Å². The molecule has 0 amide bonds. The van der Waals surface area contributed by atoms with E-state index in [1.807, 2.05) is 7.05 Å². The van der Waals surface area contributed by atoms with E-state index in [9.17, 15) is 0 Å². The summed E-state index contributed by atoms with van der Waals surface area (Å²) >= 11 is 0. The van der Waals surface area contributed by atoms with Crippen molar-refractivity contribution in [2.24, 2.45) is 5.84 Å². The number of aromatic nitrogens is 3. The fraction of sp³-hybridized carbons (Fsp3) is 0.786. The summed E-state index contributed by atoms with van der Waals surface area (Å²) in [5.41, 5.74) is 2.56. The van der Waals surface area contributed by atoms with E-state index in [-0.39, 0.29) is 0 Å². The highest BCUT2D eigenvalue weighted by Gasteiger charge is 2.19. The maximum absolute atomic E-state index is 5.51. The van der Waals surface area contributed by atoms with Gasteiger partial charge in [-0.1, -0.05) is 13.3 Å². The van der Waals surface area contributed by atoms with Gasteiger partial charge in [0.1, 0.15) is 0 Å². The molecular formula is C14H27N7. The van der Waals surface area contributed by atoms with Crippen LogP contribution in [-0.4, -0.2) is 41.1 Å². The molecule has 1 saturated heterocycles. The number of piperidine rings is 1. The molecule has 3 N–H and O–H groups in total. The minimum atomic E-state index is 0.386. The van der Waals surface area contributed by atoms with Gasteiger partial charge in [0.15, 0.2) is 0 Å². The molecule has 0 radical (unpaired) electrons. The molecule has 0 spiro atoms. The predicted molar refractivity (Wildman–Crippen MR) is 86.5 cm³/mol. The number of nitrogens with zero attached hydrogens (tertiary/aromatic N) is 5. The number of rotatable bonds is 6. The molecule has 0 aromatic carbocycles. The molecule has 2 rings (SSSR count). The summed E-state index contributed by atoms with van der Waals surface area (Å²) in [6.07, 6.45) is 5.90. The number of nitrogens with two attached hydrogens (primary N) is 1. The van der Waals surface area contributed by atoms with Gasteiger partial charge in [0.2, 0.25) is 17.8 Å². The molecule has 21 heavy (non-hydrogen) atoms. The van der Waals surface area contributed by atoms with Crippen molar-refractivity contribution in [2.45, 2.75) is 52.0 Å². The van der Waals surface area contributed by atoms with Crippen molar-refractivity contribution in [3.05, 3.63) is 0 Å². The molecule has 2 heterocycles. The summed E-state index contributed by atoms with van der Waals surface area (Å²) in [5, 5.41) is 0. The lowest BCUT2D eigenvalue weighted by Gasteiger charge is -2.29. The Balaban J connectivity index is 2.24. The highest BCUT2D eigenvalue weighted by Crippen LogP contribution is 2.21. The normalized spacial score (nSPS) is 16.7. The van der Waals surface area contributed by atoms with E-state index in [4.69, 9.17) is 5.84 Å². The maximum Gasteiger partial charge on any atom is 0.243 e. The first-order chi connectivity index (χ1) is 10.2. The first-order valence-electron chi connectivity index (χ1n) is 7.86. The monoisotopic (exact) mass is 293 g/mol. The van der Waals surface area contributed by atoms with E-state index in [2.05, 4.69) is 44.0 Å². The third-order valence-corrected chi connectivity index (χ3v) is 4.06. The molecule has 1 unspecified atom stereocenters. The first-order valence-corrected chi connectivity index (χ1v) is 7.86. The SMILES string of the molecule is CCCC(C)N(C)c1nc(NN)nc(N2CCCCC2)n1. The van der Waals surface area contributed by atoms with Gasteiger partial charge < -0.3 is 9.80 Å². The minimum absolute atomic E-state index is 0.386. The predicted octanol–water partition coefficient (Wildman–Crippen LogP) is 1.77. The molecule has 1 aromatic rings. The van der Waals surface area contributed by atoms with Crippen molar-refractivity contribution in [2.75, 3.05) is 35.4 Å². The fourth-order valence-electron chi connectivity index (χ4n) is 2.62. The second-order valence-corrected chi connectivity index (χ2v) is 5.70. The van der Waals surface area contributed by atoms with Crippen LogP contribution < -0.4 is 21.1 Å². The van der Waals surface area contributed by atoms with Crippen LogP contribution in [0.2, 0.25) is 0 Å². The van der Waals surface area contributed by atoms with Crippen molar-refractivity contribution < 1.29 is 0 Å². The number of anilines is 3. The number of hydrogen-bond acceptors (Lipinski definition) is 7. The van der Waals surface area contributed by atoms with E-state index in [1.54, 1.807) is 0 Å². The smallest absolute Gasteiger partial charge is 0.243 e. The lowest BCUT2D eigenvalue weighted by molar-refractivity contribution is 0.564. The Kier molecular flexibility index (Phi) is 5.55. The van der Waals surface area contributed by atoms with Crippen molar-refractivity contribution in [1.82, 2.24) is 15.0 Å². The molecular weight excluding hydrogens is 266 g/mol. The van der Waals surface area contributed by atoms with Crippen LogP contribution in [0.15, 0.2) is 0 Å². The lowest BCUT2D eigenvalue weighted by Crippen LogP contribution is -2.34. The van der Waals surface area contributed by atoms with Crippen LogP contribution in [0.4, 0.5) is 17.8 Å². The second-order valence-electron chi connectivity index (χ2n) is 5.70. The molecule has 0 aliphatic carbocycles. The van der Waals surface area contributed by atoms with Gasteiger partial charge in [-0.15, -0.1) is 0 Å². The van der Waals surface area contributed by atoms with Gasteiger partial charge in [0.05, 0.1) is 0 Å². The van der Waals surface area contributed by atoms with Crippen LogP contribution >= 0.6 is 0 Å². The summed E-state index contributed by atoms with van der Waals surface area (Å²) in [7, 11) is 2.02. The van der Waals surface area contributed by atoms with E-state index in [0.717, 1.165) is 31.9 Å². The molecule has 0 bridgehead atoms. The van der Waals surface area contributed by atoms with Crippen LogP contribution in [-0.2, 0) is 0 Å². The molecule has 0 saturated carbocycles. The largest absolute Gasteiger partial charge is 0.341 e. The lowest BCUT2D eigenvalue weighted by atomic mass is 10.1. The van der Waals surface area contributed by atoms with Gasteiger partial charge in [0.25, 0.3) is 0 Å². The molecule has 1 aromatic heterocycles. The van der Waals surface area contributed by atoms with Crippen molar-refractivity contribution in [1.29, 1.82) is 0 Å². The van der Waals surface area contributed by atoms with Crippen LogP contribution in [0, 0.1) is 0 Å². The molecule has 7 heteroatoms. The van der Waals surface area contributed by atoms with Crippen molar-refractivity contribution in [3.8, 4) is 0 Å². The van der Waals surface area contributed by atoms with Gasteiger partial charge in [0, 0.05) is 26.2 Å². The molecule has 1 atom stereocenters. The Morgan fingerprint density at radius 3 is 2.57 bits per heavy atom. The molecule has 1 aliphatic rings. The number of nitrogens with one attached hydrogen (secondary N) is 1. The van der Waals surface area contributed by atoms with Crippen LogP contribution in [0.1, 0.15) is 46.0 Å². The Hall–Kier alpha value is -1.63. The highest BCUT2D eigenvalue weighted by atomic mass is 15.4. The third-order valence-electron chi connectivity index (χ3n) is 4.06. The van der Waals surface area contributed by atoms with Gasteiger partial charge >= 0.3 is 0 Å². The number of hydrazine groups is 1. The summed E-state index contributed by atoms with van der Waals surface area (Å²) in [6, 6.07) is 0.386. The van der Waals surface area contributed by atoms with E-state index >= 15 is 0 Å². The highest BCUT2D eigenvalue weighted by molar-refractivity contribution is 5.45. The summed E-state index contributed by atoms with van der Waals surface area (Å²) in [5.74, 6) is 7.34. The van der Waals surface area contributed by atoms with Gasteiger partial charge in [-0.25, -0.2) is 5.84 Å². The molecule has 118 valence electrons. The average Bonchev–Trinajstić information content (AvgIpc) is 2.54. The van der Waals surface area contributed by atoms with E-state index in [1.165, 1.54) is 19.3 Å². The minimum Gasteiger partial charge on any atom is -0.341 e. The van der Waals surface area contributed by atoms with Crippen LogP contribution in [0.3, 0.4) is 0 Å². The zero-order chi connectivity index (χ0) is 15.2. The topological polar surface area (TPSA) is 83.2 Å². The Morgan fingerprint density at radius 2 is 1.95 bits per heavy atom. The van der Waals surface area contributed by atoms with E-state index in [0.29, 0.717) is 17.9 Å². The first kappa shape index (κ1) is 15.8. The average molecular weight is 293 g/mol. The Labute approximate surface area is 126 Å². The standard InChI is InChI=1S/C14H27N7/c1-4-8-11(2)20(3)13-16-12(19-15)17-14(18-13)21-9-6-5-7-10-21/h11H,4-10,15H2,1-3H3,(H,16,17,18,19). The fourth-order valence-corrected chi connectivity index (χ4v) is 2.62. The zero-order valence-corrected chi connectivity index (χ0v) is 13.3. The van der Waals surface area contributed by atoms with Crippen molar-refractivity contribution >= 4 is 17.8 Å². The third kappa shape index (κ3) is 3.93. The number of hydrogen-bond donors (Lipinski definition) is 2. The Morgan fingerprint density at radius 1 is 1.24 bits per heavy atom. The molecule has 7 nitrogen and oxygen atoms in total. The summed E-state index contributed by atoms with van der Waals surface area (Å²) < 4.78 is 0. The van der Waals surface area contributed by atoms with Gasteiger partial charge in [-0.05, 0) is 32.6 Å². The molecule has 1 aliphatic heterocycles. The summed E-state index contributed by atoms with van der Waals surface area (Å²) in [4.78, 5) is 17.8. The quantitative estimate of drug-likeness (QED) is 0.611. The van der Waals surface area contributed by atoms with Crippen LogP contribution in [0.25, 0.3) is 0 Å². The maximum atomic E-state index is 5.51.